The molecule has 0 unspecified atom stereocenters. The summed E-state index contributed by atoms with van der Waals surface area (Å²) in [5, 5.41) is 3.72. The molecular formula is C17H27NO. The number of benzene rings is 1. The number of ether oxygens (including phenoxy) is 1. The molecule has 1 saturated carbocycles. The molecule has 0 bridgehead atoms. The average molecular weight is 261 g/mol. The Morgan fingerprint density at radius 1 is 1.16 bits per heavy atom. The Kier molecular flexibility index (Phi) is 4.73. The van der Waals surface area contributed by atoms with E-state index in [2.05, 4.69) is 38.2 Å². The van der Waals surface area contributed by atoms with Crippen LogP contribution < -0.4 is 10.1 Å². The number of hydrogen-bond donors (Lipinski definition) is 1. The molecular weight excluding hydrogens is 234 g/mol. The van der Waals surface area contributed by atoms with Gasteiger partial charge < -0.3 is 10.1 Å². The van der Waals surface area contributed by atoms with E-state index in [1.54, 1.807) is 7.11 Å². The van der Waals surface area contributed by atoms with Crippen LogP contribution in [-0.4, -0.2) is 13.2 Å². The summed E-state index contributed by atoms with van der Waals surface area (Å²) in [6, 6.07) is 4.97. The van der Waals surface area contributed by atoms with E-state index in [1.807, 2.05) is 0 Å². The molecule has 1 fully saturated rings. The molecule has 1 aliphatic rings. The van der Waals surface area contributed by atoms with Gasteiger partial charge in [-0.1, -0.05) is 19.4 Å². The molecule has 106 valence electrons. The summed E-state index contributed by atoms with van der Waals surface area (Å²) in [6.07, 6.45) is 6.68. The highest BCUT2D eigenvalue weighted by atomic mass is 16.5. The minimum Gasteiger partial charge on any atom is -0.496 e. The van der Waals surface area contributed by atoms with Gasteiger partial charge in [0.2, 0.25) is 0 Å². The van der Waals surface area contributed by atoms with Gasteiger partial charge in [0.05, 0.1) is 7.11 Å². The molecule has 0 atom stereocenters. The largest absolute Gasteiger partial charge is 0.496 e. The van der Waals surface area contributed by atoms with E-state index in [0.717, 1.165) is 11.7 Å². The van der Waals surface area contributed by atoms with Crippen LogP contribution in [0.4, 0.5) is 5.69 Å². The van der Waals surface area contributed by atoms with E-state index in [0.29, 0.717) is 6.04 Å². The zero-order valence-corrected chi connectivity index (χ0v) is 12.8. The first kappa shape index (κ1) is 14.2. The first-order valence-electron chi connectivity index (χ1n) is 7.56. The van der Waals surface area contributed by atoms with Crippen molar-refractivity contribution in [1.29, 1.82) is 0 Å². The summed E-state index contributed by atoms with van der Waals surface area (Å²) in [5.74, 6) is 1.97. The zero-order valence-electron chi connectivity index (χ0n) is 12.8. The third-order valence-electron chi connectivity index (χ3n) is 4.59. The van der Waals surface area contributed by atoms with Gasteiger partial charge in [-0.3, -0.25) is 0 Å². The van der Waals surface area contributed by atoms with Crippen LogP contribution in [0.1, 0.15) is 50.2 Å². The molecule has 2 nitrogen and oxygen atoms in total. The highest BCUT2D eigenvalue weighted by Crippen LogP contribution is 2.33. The zero-order chi connectivity index (χ0) is 13.8. The molecule has 0 radical (unpaired) electrons. The van der Waals surface area contributed by atoms with Gasteiger partial charge in [-0.05, 0) is 57.1 Å². The lowest BCUT2D eigenvalue weighted by molar-refractivity contribution is 0.330. The fourth-order valence-electron chi connectivity index (χ4n) is 3.23. The molecule has 2 heteroatoms. The summed E-state index contributed by atoms with van der Waals surface area (Å²) in [5.41, 5.74) is 3.68. The van der Waals surface area contributed by atoms with Gasteiger partial charge in [-0.2, -0.15) is 0 Å². The van der Waals surface area contributed by atoms with Crippen molar-refractivity contribution in [2.24, 2.45) is 5.92 Å². The topological polar surface area (TPSA) is 21.3 Å². The van der Waals surface area contributed by atoms with Crippen molar-refractivity contribution in [2.75, 3.05) is 12.4 Å². The molecule has 1 aromatic rings. The number of rotatable bonds is 4. The Morgan fingerprint density at radius 3 is 2.42 bits per heavy atom. The highest BCUT2D eigenvalue weighted by Gasteiger charge is 2.20. The molecule has 0 saturated heterocycles. The third-order valence-corrected chi connectivity index (χ3v) is 4.59. The van der Waals surface area contributed by atoms with Crippen LogP contribution in [0.2, 0.25) is 0 Å². The van der Waals surface area contributed by atoms with Crippen LogP contribution >= 0.6 is 0 Å². The number of anilines is 1. The summed E-state index contributed by atoms with van der Waals surface area (Å²) in [4.78, 5) is 0. The van der Waals surface area contributed by atoms with Gasteiger partial charge in [0.15, 0.2) is 0 Å². The molecule has 1 aliphatic carbocycles. The van der Waals surface area contributed by atoms with Crippen molar-refractivity contribution in [1.82, 2.24) is 0 Å². The van der Waals surface area contributed by atoms with E-state index >= 15 is 0 Å². The van der Waals surface area contributed by atoms with E-state index < -0.39 is 0 Å². The van der Waals surface area contributed by atoms with Crippen molar-refractivity contribution in [3.8, 4) is 5.75 Å². The number of nitrogens with one attached hydrogen (secondary N) is 1. The van der Waals surface area contributed by atoms with Gasteiger partial charge in [0, 0.05) is 17.3 Å². The predicted octanol–water partition coefficient (Wildman–Crippen LogP) is 4.69. The van der Waals surface area contributed by atoms with Gasteiger partial charge in [0.1, 0.15) is 5.75 Å². The van der Waals surface area contributed by atoms with Gasteiger partial charge in [-0.15, -0.1) is 0 Å². The van der Waals surface area contributed by atoms with Crippen molar-refractivity contribution in [3.63, 3.8) is 0 Å². The van der Waals surface area contributed by atoms with Crippen molar-refractivity contribution in [3.05, 3.63) is 23.3 Å². The SMILES string of the molecule is CCC1CCC(Nc2ccc(C)c(OC)c2C)CC1. The quantitative estimate of drug-likeness (QED) is 0.848. The number of aryl methyl sites for hydroxylation is 1. The van der Waals surface area contributed by atoms with Crippen LogP contribution in [0.5, 0.6) is 5.75 Å². The lowest BCUT2D eigenvalue weighted by Crippen LogP contribution is -2.26. The Morgan fingerprint density at radius 2 is 1.84 bits per heavy atom. The second kappa shape index (κ2) is 6.31. The highest BCUT2D eigenvalue weighted by molar-refractivity contribution is 5.60. The lowest BCUT2D eigenvalue weighted by Gasteiger charge is -2.30. The second-order valence-corrected chi connectivity index (χ2v) is 5.86. The van der Waals surface area contributed by atoms with Crippen LogP contribution in [0.3, 0.4) is 0 Å². The maximum Gasteiger partial charge on any atom is 0.126 e. The minimum absolute atomic E-state index is 0.633. The molecule has 0 aromatic heterocycles. The van der Waals surface area contributed by atoms with Crippen molar-refractivity contribution in [2.45, 2.75) is 58.9 Å². The standard InChI is InChI=1S/C17H27NO/c1-5-14-7-9-15(10-8-14)18-16-11-6-12(2)17(19-4)13(16)3/h6,11,14-15,18H,5,7-10H2,1-4H3. The Balaban J connectivity index is 2.04. The Labute approximate surface area is 117 Å². The average Bonchev–Trinajstić information content (AvgIpc) is 2.43. The summed E-state index contributed by atoms with van der Waals surface area (Å²) >= 11 is 0. The smallest absolute Gasteiger partial charge is 0.126 e. The first-order valence-corrected chi connectivity index (χ1v) is 7.56. The predicted molar refractivity (Wildman–Crippen MR) is 82.1 cm³/mol. The first-order chi connectivity index (χ1) is 9.15. The van der Waals surface area contributed by atoms with Gasteiger partial charge >= 0.3 is 0 Å². The molecule has 1 aromatic carbocycles. The number of hydrogen-bond acceptors (Lipinski definition) is 2. The molecule has 2 rings (SSSR count). The third kappa shape index (κ3) is 3.23. The fraction of sp³-hybridized carbons (Fsp3) is 0.647. The van der Waals surface area contributed by atoms with E-state index in [9.17, 15) is 0 Å². The minimum atomic E-state index is 0.633. The Hall–Kier alpha value is -1.18. The van der Waals surface area contributed by atoms with Crippen molar-refractivity contribution >= 4 is 5.69 Å². The maximum absolute atomic E-state index is 5.50. The summed E-state index contributed by atoms with van der Waals surface area (Å²) < 4.78 is 5.50. The van der Waals surface area contributed by atoms with Crippen LogP contribution in [-0.2, 0) is 0 Å². The molecule has 19 heavy (non-hydrogen) atoms. The molecule has 0 amide bonds. The molecule has 0 aliphatic heterocycles. The summed E-state index contributed by atoms with van der Waals surface area (Å²) in [6.45, 7) is 6.56. The maximum atomic E-state index is 5.50. The van der Waals surface area contributed by atoms with Crippen LogP contribution in [0.25, 0.3) is 0 Å². The molecule has 0 spiro atoms. The van der Waals surface area contributed by atoms with Crippen LogP contribution in [0, 0.1) is 19.8 Å². The van der Waals surface area contributed by atoms with Gasteiger partial charge in [-0.25, -0.2) is 0 Å². The van der Waals surface area contributed by atoms with Gasteiger partial charge in [0.25, 0.3) is 0 Å². The number of methoxy groups -OCH3 is 1. The van der Waals surface area contributed by atoms with E-state index in [-0.39, 0.29) is 0 Å². The fourth-order valence-corrected chi connectivity index (χ4v) is 3.23. The van der Waals surface area contributed by atoms with E-state index in [4.69, 9.17) is 4.74 Å². The summed E-state index contributed by atoms with van der Waals surface area (Å²) in [7, 11) is 1.76. The van der Waals surface area contributed by atoms with Crippen LogP contribution in [0.15, 0.2) is 12.1 Å². The monoisotopic (exact) mass is 261 g/mol. The molecule has 1 N–H and O–H groups in total. The molecule has 0 heterocycles. The van der Waals surface area contributed by atoms with Crippen molar-refractivity contribution < 1.29 is 4.74 Å². The Bertz CT molecular complexity index is 420. The second-order valence-electron chi connectivity index (χ2n) is 5.86. The lowest BCUT2D eigenvalue weighted by atomic mass is 9.84. The van der Waals surface area contributed by atoms with E-state index in [1.165, 1.54) is 48.9 Å². The normalized spacial score (nSPS) is 23.2.